The van der Waals surface area contributed by atoms with Crippen molar-refractivity contribution in [2.75, 3.05) is 19.7 Å². The van der Waals surface area contributed by atoms with E-state index in [1.807, 2.05) is 0 Å². The summed E-state index contributed by atoms with van der Waals surface area (Å²) in [4.78, 5) is 2.34. The molecule has 2 unspecified atom stereocenters. The predicted molar refractivity (Wildman–Crippen MR) is 90.5 cm³/mol. The number of ether oxygens (including phenoxy) is 1. The molecular weight excluding hydrogens is 308 g/mol. The molecule has 1 N–H and O–H groups in total. The number of nitrogens with zero attached hydrogens (tertiary/aromatic N) is 2. The number of nitriles is 1. The highest BCUT2D eigenvalue weighted by Gasteiger charge is 2.27. The van der Waals surface area contributed by atoms with Crippen molar-refractivity contribution in [3.8, 4) is 11.8 Å². The van der Waals surface area contributed by atoms with Crippen molar-refractivity contribution in [3.05, 3.63) is 52.2 Å². The fourth-order valence-corrected chi connectivity index (χ4v) is 3.74. The molecule has 120 valence electrons. The highest BCUT2D eigenvalue weighted by atomic mass is 32.1. The van der Waals surface area contributed by atoms with E-state index >= 15 is 0 Å². The number of hydrogen-bond donors (Lipinski definition) is 1. The van der Waals surface area contributed by atoms with E-state index in [2.05, 4.69) is 27.8 Å². The molecule has 1 aromatic carbocycles. The zero-order valence-corrected chi connectivity index (χ0v) is 13.7. The van der Waals surface area contributed by atoms with Gasteiger partial charge in [-0.05, 0) is 66.0 Å². The molecule has 1 aliphatic heterocycles. The number of aliphatic hydroxyl groups excluding tert-OH is 1. The van der Waals surface area contributed by atoms with E-state index in [0.29, 0.717) is 23.9 Å². The van der Waals surface area contributed by atoms with E-state index in [1.165, 1.54) is 12.0 Å². The zero-order valence-electron chi connectivity index (χ0n) is 12.9. The molecule has 1 aliphatic rings. The van der Waals surface area contributed by atoms with Gasteiger partial charge in [-0.15, -0.1) is 0 Å². The van der Waals surface area contributed by atoms with Gasteiger partial charge in [0, 0.05) is 12.6 Å². The molecule has 5 heteroatoms. The summed E-state index contributed by atoms with van der Waals surface area (Å²) in [5.41, 5.74) is 1.96. The molecule has 0 aliphatic carbocycles. The zero-order chi connectivity index (χ0) is 16.1. The van der Waals surface area contributed by atoms with Gasteiger partial charge in [-0.2, -0.15) is 16.6 Å². The second-order valence-corrected chi connectivity index (χ2v) is 6.59. The molecule has 23 heavy (non-hydrogen) atoms. The van der Waals surface area contributed by atoms with E-state index < -0.39 is 6.10 Å². The van der Waals surface area contributed by atoms with Crippen LogP contribution in [0.25, 0.3) is 0 Å². The number of benzene rings is 1. The van der Waals surface area contributed by atoms with Gasteiger partial charge in [0.15, 0.2) is 0 Å². The first-order valence-electron chi connectivity index (χ1n) is 7.83. The fourth-order valence-electron chi connectivity index (χ4n) is 3.03. The minimum atomic E-state index is -0.523. The number of likely N-dealkylation sites (tertiary alicyclic amines) is 1. The van der Waals surface area contributed by atoms with Crippen LogP contribution in [-0.4, -0.2) is 35.8 Å². The Bertz CT molecular complexity index is 649. The Kier molecular flexibility index (Phi) is 5.29. The van der Waals surface area contributed by atoms with Gasteiger partial charge in [-0.1, -0.05) is 0 Å². The van der Waals surface area contributed by atoms with Crippen molar-refractivity contribution in [1.29, 1.82) is 5.26 Å². The van der Waals surface area contributed by atoms with Crippen molar-refractivity contribution < 1.29 is 9.84 Å². The van der Waals surface area contributed by atoms with Gasteiger partial charge in [-0.3, -0.25) is 4.90 Å². The van der Waals surface area contributed by atoms with E-state index in [4.69, 9.17) is 10.00 Å². The van der Waals surface area contributed by atoms with Gasteiger partial charge >= 0.3 is 0 Å². The summed E-state index contributed by atoms with van der Waals surface area (Å²) >= 11 is 1.72. The van der Waals surface area contributed by atoms with Gasteiger partial charge in [0.25, 0.3) is 0 Å². The van der Waals surface area contributed by atoms with Gasteiger partial charge in [0.2, 0.25) is 0 Å². The topological polar surface area (TPSA) is 56.5 Å². The summed E-state index contributed by atoms with van der Waals surface area (Å²) in [6.07, 6.45) is 1.80. The van der Waals surface area contributed by atoms with Crippen molar-refractivity contribution >= 4 is 11.3 Å². The Labute approximate surface area is 140 Å². The monoisotopic (exact) mass is 328 g/mol. The first kappa shape index (κ1) is 16.0. The first-order chi connectivity index (χ1) is 11.3. The lowest BCUT2D eigenvalue weighted by atomic mass is 10.1. The largest absolute Gasteiger partial charge is 0.491 e. The third-order valence-electron chi connectivity index (χ3n) is 4.16. The second-order valence-electron chi connectivity index (χ2n) is 5.81. The standard InChI is InChI=1S/C18H20N2O2S/c19-10-14-3-5-17(6-4-14)22-12-16(21)11-20-8-1-2-18(20)15-7-9-23-13-15/h3-7,9,13,16,18,21H,1-2,8,11-12H2. The van der Waals surface area contributed by atoms with Crippen LogP contribution in [0.1, 0.15) is 30.0 Å². The number of β-amino-alcohol motifs (C(OH)–C–C–N with tert-alkyl or cyclic N) is 1. The molecule has 1 saturated heterocycles. The lowest BCUT2D eigenvalue weighted by molar-refractivity contribution is 0.0639. The van der Waals surface area contributed by atoms with Gasteiger partial charge < -0.3 is 9.84 Å². The Balaban J connectivity index is 1.50. The number of thiophene rings is 1. The van der Waals surface area contributed by atoms with Crippen LogP contribution in [0.15, 0.2) is 41.1 Å². The number of aliphatic hydroxyl groups is 1. The Hall–Kier alpha value is -1.87. The maximum Gasteiger partial charge on any atom is 0.119 e. The molecular formula is C18H20N2O2S. The Morgan fingerprint density at radius 1 is 1.35 bits per heavy atom. The Morgan fingerprint density at radius 3 is 2.87 bits per heavy atom. The summed E-state index contributed by atoms with van der Waals surface area (Å²) < 4.78 is 5.62. The molecule has 3 rings (SSSR count). The molecule has 0 saturated carbocycles. The van der Waals surface area contributed by atoms with Crippen LogP contribution in [0.3, 0.4) is 0 Å². The third kappa shape index (κ3) is 4.11. The fraction of sp³-hybridized carbons (Fsp3) is 0.389. The molecule has 2 atom stereocenters. The van der Waals surface area contributed by atoms with Crippen LogP contribution in [-0.2, 0) is 0 Å². The van der Waals surface area contributed by atoms with Crippen LogP contribution in [0.2, 0.25) is 0 Å². The summed E-state index contributed by atoms with van der Waals surface area (Å²) in [7, 11) is 0. The molecule has 2 aromatic rings. The minimum absolute atomic E-state index is 0.263. The van der Waals surface area contributed by atoms with Gasteiger partial charge in [0.05, 0.1) is 11.6 Å². The maximum absolute atomic E-state index is 10.3. The van der Waals surface area contributed by atoms with Crippen molar-refractivity contribution in [3.63, 3.8) is 0 Å². The maximum atomic E-state index is 10.3. The van der Waals surface area contributed by atoms with Crippen molar-refractivity contribution in [1.82, 2.24) is 4.90 Å². The normalized spacial score (nSPS) is 19.4. The summed E-state index contributed by atoms with van der Waals surface area (Å²) in [6.45, 7) is 1.91. The molecule has 0 amide bonds. The highest BCUT2D eigenvalue weighted by Crippen LogP contribution is 2.32. The molecule has 0 spiro atoms. The average Bonchev–Trinajstić information content (AvgIpc) is 3.24. The van der Waals surface area contributed by atoms with Crippen molar-refractivity contribution in [2.24, 2.45) is 0 Å². The van der Waals surface area contributed by atoms with E-state index in [9.17, 15) is 5.11 Å². The minimum Gasteiger partial charge on any atom is -0.491 e. The molecule has 0 radical (unpaired) electrons. The van der Waals surface area contributed by atoms with E-state index in [1.54, 1.807) is 35.6 Å². The first-order valence-corrected chi connectivity index (χ1v) is 8.77. The van der Waals surface area contributed by atoms with Crippen molar-refractivity contribution in [2.45, 2.75) is 25.0 Å². The number of hydrogen-bond acceptors (Lipinski definition) is 5. The highest BCUT2D eigenvalue weighted by molar-refractivity contribution is 7.07. The van der Waals surface area contributed by atoms with E-state index in [0.717, 1.165) is 13.0 Å². The summed E-state index contributed by atoms with van der Waals surface area (Å²) in [5, 5.41) is 23.3. The predicted octanol–water partition coefficient (Wildman–Crippen LogP) is 3.20. The van der Waals surface area contributed by atoms with E-state index in [-0.39, 0.29) is 6.61 Å². The summed E-state index contributed by atoms with van der Waals surface area (Å²) in [5.74, 6) is 0.679. The van der Waals surface area contributed by atoms with Crippen LogP contribution in [0.5, 0.6) is 5.75 Å². The second kappa shape index (κ2) is 7.60. The lowest BCUT2D eigenvalue weighted by Crippen LogP contribution is -2.35. The molecule has 1 aromatic heterocycles. The Morgan fingerprint density at radius 2 is 2.17 bits per heavy atom. The van der Waals surface area contributed by atoms with Gasteiger partial charge in [-0.25, -0.2) is 0 Å². The molecule has 0 bridgehead atoms. The molecule has 2 heterocycles. The summed E-state index contributed by atoms with van der Waals surface area (Å²) in [6, 6.07) is 11.6. The molecule has 1 fully saturated rings. The SMILES string of the molecule is N#Cc1ccc(OCC(O)CN2CCCC2c2ccsc2)cc1. The van der Waals surface area contributed by atoms with Crippen LogP contribution < -0.4 is 4.74 Å². The van der Waals surface area contributed by atoms with Crippen LogP contribution >= 0.6 is 11.3 Å². The van der Waals surface area contributed by atoms with Gasteiger partial charge in [0.1, 0.15) is 18.5 Å². The smallest absolute Gasteiger partial charge is 0.119 e. The average molecular weight is 328 g/mol. The number of rotatable bonds is 6. The quantitative estimate of drug-likeness (QED) is 0.885. The third-order valence-corrected chi connectivity index (χ3v) is 4.86. The van der Waals surface area contributed by atoms with Crippen LogP contribution in [0.4, 0.5) is 0 Å². The lowest BCUT2D eigenvalue weighted by Gasteiger charge is -2.26. The molecule has 4 nitrogen and oxygen atoms in total. The van der Waals surface area contributed by atoms with Crippen LogP contribution in [0, 0.1) is 11.3 Å².